The zero-order valence-electron chi connectivity index (χ0n) is 12.0. The van der Waals surface area contributed by atoms with E-state index in [1.54, 1.807) is 0 Å². The van der Waals surface area contributed by atoms with Gasteiger partial charge in [0.2, 0.25) is 10.0 Å². The second-order valence-electron chi connectivity index (χ2n) is 5.27. The summed E-state index contributed by atoms with van der Waals surface area (Å²) >= 11 is 0. The molecule has 1 aliphatic heterocycles. The van der Waals surface area contributed by atoms with Gasteiger partial charge in [-0.2, -0.15) is 4.31 Å². The number of nitro benzene ring substituents is 1. The molecule has 1 heterocycles. The number of rotatable bonds is 4. The summed E-state index contributed by atoms with van der Waals surface area (Å²) in [5.74, 6) is 0. The molecule has 21 heavy (non-hydrogen) atoms. The minimum absolute atomic E-state index is 0.139. The van der Waals surface area contributed by atoms with E-state index in [2.05, 4.69) is 11.0 Å². The molecule has 0 aromatic heterocycles. The van der Waals surface area contributed by atoms with Gasteiger partial charge in [-0.3, -0.25) is 10.1 Å². The molecular formula is C13H18N3O4S. The van der Waals surface area contributed by atoms with Gasteiger partial charge >= 0.3 is 0 Å². The van der Waals surface area contributed by atoms with Gasteiger partial charge in [-0.15, -0.1) is 0 Å². The molecule has 0 atom stereocenters. The SMILES string of the molecule is CN(C)C1CCN(S(=O)(=O)c2[c]ccc([N+](=O)[O-])c2)CC1. The Balaban J connectivity index is 2.19. The predicted octanol–water partition coefficient (Wildman–Crippen LogP) is 1.11. The van der Waals surface area contributed by atoms with Crippen LogP contribution in [-0.2, 0) is 10.0 Å². The topological polar surface area (TPSA) is 83.8 Å². The Labute approximate surface area is 124 Å². The Kier molecular flexibility index (Phi) is 4.60. The summed E-state index contributed by atoms with van der Waals surface area (Å²) in [6.07, 6.45) is 1.50. The lowest BCUT2D eigenvalue weighted by atomic mass is 10.1. The van der Waals surface area contributed by atoms with Gasteiger partial charge in [0.1, 0.15) is 0 Å². The van der Waals surface area contributed by atoms with E-state index in [0.29, 0.717) is 19.1 Å². The fourth-order valence-electron chi connectivity index (χ4n) is 2.43. The van der Waals surface area contributed by atoms with Gasteiger partial charge in [-0.1, -0.05) is 0 Å². The lowest BCUT2D eigenvalue weighted by molar-refractivity contribution is -0.385. The smallest absolute Gasteiger partial charge is 0.270 e. The van der Waals surface area contributed by atoms with Crippen molar-refractivity contribution in [2.45, 2.75) is 23.8 Å². The van der Waals surface area contributed by atoms with Gasteiger partial charge in [0, 0.05) is 37.3 Å². The predicted molar refractivity (Wildman–Crippen MR) is 77.4 cm³/mol. The number of hydrogen-bond acceptors (Lipinski definition) is 5. The quantitative estimate of drug-likeness (QED) is 0.614. The molecule has 0 saturated carbocycles. The molecule has 1 aromatic rings. The van der Waals surface area contributed by atoms with E-state index in [1.165, 1.54) is 16.4 Å². The molecule has 1 aliphatic rings. The van der Waals surface area contributed by atoms with Crippen LogP contribution in [0.1, 0.15) is 12.8 Å². The monoisotopic (exact) mass is 312 g/mol. The summed E-state index contributed by atoms with van der Waals surface area (Å²) in [7, 11) is 0.238. The largest absolute Gasteiger partial charge is 0.306 e. The zero-order valence-corrected chi connectivity index (χ0v) is 12.8. The van der Waals surface area contributed by atoms with Gasteiger partial charge in [0.05, 0.1) is 9.82 Å². The molecule has 2 rings (SSSR count). The number of nitrogens with zero attached hydrogens (tertiary/aromatic N) is 3. The second-order valence-corrected chi connectivity index (χ2v) is 7.17. The third kappa shape index (κ3) is 3.39. The Bertz CT molecular complexity index is 622. The van der Waals surface area contributed by atoms with Gasteiger partial charge in [0.15, 0.2) is 0 Å². The molecule has 1 fully saturated rings. The highest BCUT2D eigenvalue weighted by molar-refractivity contribution is 7.89. The first-order valence-electron chi connectivity index (χ1n) is 6.65. The summed E-state index contributed by atoms with van der Waals surface area (Å²) in [6.45, 7) is 0.837. The summed E-state index contributed by atoms with van der Waals surface area (Å²) < 4.78 is 26.4. The van der Waals surface area contributed by atoms with Crippen molar-refractivity contribution < 1.29 is 13.3 Å². The van der Waals surface area contributed by atoms with Crippen molar-refractivity contribution in [1.29, 1.82) is 0 Å². The van der Waals surface area contributed by atoms with Crippen LogP contribution in [0.4, 0.5) is 5.69 Å². The molecular weight excluding hydrogens is 294 g/mol. The lowest BCUT2D eigenvalue weighted by Crippen LogP contribution is -2.44. The van der Waals surface area contributed by atoms with Crippen LogP contribution in [0.15, 0.2) is 23.1 Å². The van der Waals surface area contributed by atoms with Crippen molar-refractivity contribution in [3.8, 4) is 0 Å². The molecule has 0 aliphatic carbocycles. The maximum Gasteiger partial charge on any atom is 0.270 e. The van der Waals surface area contributed by atoms with Crippen molar-refractivity contribution >= 4 is 15.7 Å². The Morgan fingerprint density at radius 3 is 2.52 bits per heavy atom. The number of benzene rings is 1. The minimum Gasteiger partial charge on any atom is -0.306 e. The van der Waals surface area contributed by atoms with Crippen LogP contribution >= 0.6 is 0 Å². The number of nitro groups is 1. The summed E-state index contributed by atoms with van der Waals surface area (Å²) in [5.41, 5.74) is -0.240. The van der Waals surface area contributed by atoms with E-state index in [-0.39, 0.29) is 10.6 Å². The van der Waals surface area contributed by atoms with E-state index in [4.69, 9.17) is 0 Å². The molecule has 8 heteroatoms. The van der Waals surface area contributed by atoms with Crippen LogP contribution in [0.3, 0.4) is 0 Å². The van der Waals surface area contributed by atoms with Crippen LogP contribution in [-0.4, -0.2) is 55.8 Å². The maximum atomic E-state index is 12.5. The maximum absolute atomic E-state index is 12.5. The summed E-state index contributed by atoms with van der Waals surface area (Å²) in [5, 5.41) is 10.8. The Morgan fingerprint density at radius 2 is 2.00 bits per heavy atom. The molecule has 1 aromatic carbocycles. The molecule has 0 unspecified atom stereocenters. The molecule has 0 bridgehead atoms. The van der Waals surface area contributed by atoms with Crippen LogP contribution < -0.4 is 0 Å². The van der Waals surface area contributed by atoms with E-state index < -0.39 is 14.9 Å². The molecule has 1 radical (unpaired) electrons. The first kappa shape index (κ1) is 15.9. The Morgan fingerprint density at radius 1 is 1.38 bits per heavy atom. The normalized spacial score (nSPS) is 18.0. The van der Waals surface area contributed by atoms with Crippen molar-refractivity contribution in [1.82, 2.24) is 9.21 Å². The average Bonchev–Trinajstić information content (AvgIpc) is 2.47. The summed E-state index contributed by atoms with van der Waals surface area (Å²) in [4.78, 5) is 12.1. The van der Waals surface area contributed by atoms with Gasteiger partial charge in [-0.05, 0) is 33.0 Å². The third-order valence-corrected chi connectivity index (χ3v) is 5.58. The van der Waals surface area contributed by atoms with E-state index in [9.17, 15) is 18.5 Å². The van der Waals surface area contributed by atoms with Crippen molar-refractivity contribution in [2.75, 3.05) is 27.2 Å². The first-order chi connectivity index (χ1) is 9.82. The first-order valence-corrected chi connectivity index (χ1v) is 8.09. The van der Waals surface area contributed by atoms with Crippen molar-refractivity contribution in [3.05, 3.63) is 34.4 Å². The Hall–Kier alpha value is -1.51. The molecule has 0 amide bonds. The summed E-state index contributed by atoms with van der Waals surface area (Å²) in [6, 6.07) is 6.53. The van der Waals surface area contributed by atoms with Crippen molar-refractivity contribution in [3.63, 3.8) is 0 Å². The van der Waals surface area contributed by atoms with E-state index in [1.807, 2.05) is 14.1 Å². The van der Waals surface area contributed by atoms with Crippen LogP contribution in [0.25, 0.3) is 0 Å². The molecule has 1 saturated heterocycles. The number of non-ortho nitro benzene ring substituents is 1. The molecule has 115 valence electrons. The second kappa shape index (κ2) is 6.08. The van der Waals surface area contributed by atoms with Crippen LogP contribution in [0.5, 0.6) is 0 Å². The molecule has 0 spiro atoms. The highest BCUT2D eigenvalue weighted by Gasteiger charge is 2.30. The van der Waals surface area contributed by atoms with Crippen LogP contribution in [0, 0.1) is 16.2 Å². The number of sulfonamides is 1. The average molecular weight is 312 g/mol. The lowest BCUT2D eigenvalue weighted by Gasteiger charge is -2.34. The number of piperidine rings is 1. The third-order valence-electron chi connectivity index (χ3n) is 3.74. The molecule has 7 nitrogen and oxygen atoms in total. The minimum atomic E-state index is -3.71. The van der Waals surface area contributed by atoms with Gasteiger partial charge in [-0.25, -0.2) is 8.42 Å². The molecule has 0 N–H and O–H groups in total. The van der Waals surface area contributed by atoms with Gasteiger partial charge < -0.3 is 4.90 Å². The fraction of sp³-hybridized carbons (Fsp3) is 0.538. The zero-order chi connectivity index (χ0) is 15.6. The number of hydrogen-bond donors (Lipinski definition) is 0. The van der Waals surface area contributed by atoms with Crippen molar-refractivity contribution in [2.24, 2.45) is 0 Å². The van der Waals surface area contributed by atoms with Gasteiger partial charge in [0.25, 0.3) is 5.69 Å². The fourth-order valence-corrected chi connectivity index (χ4v) is 3.89. The van der Waals surface area contributed by atoms with E-state index in [0.717, 1.165) is 18.9 Å². The highest BCUT2D eigenvalue weighted by atomic mass is 32.2. The van der Waals surface area contributed by atoms with E-state index >= 15 is 0 Å². The highest BCUT2D eigenvalue weighted by Crippen LogP contribution is 2.24. The van der Waals surface area contributed by atoms with Crippen LogP contribution in [0.2, 0.25) is 0 Å². The standard InChI is InChI=1S/C13H18N3O4S/c1-14(2)11-6-8-15(9-7-11)21(19,20)13-5-3-4-12(10-13)16(17)18/h3-4,10-11H,6-9H2,1-2H3.